The Morgan fingerprint density at radius 3 is 1.92 bits per heavy atom. The number of aliphatic hydroxyl groups excluding tert-OH is 4. The van der Waals surface area contributed by atoms with E-state index in [9.17, 15) is 88.8 Å². The molecule has 0 aliphatic carbocycles. The number of unbranched alkanes of at least 4 members (excludes halogenated alkanes) is 15. The minimum Gasteiger partial charge on any atom is -0.507 e. The summed E-state index contributed by atoms with van der Waals surface area (Å²) >= 11 is 0. The van der Waals surface area contributed by atoms with Gasteiger partial charge in [-0.2, -0.15) is 0 Å². The summed E-state index contributed by atoms with van der Waals surface area (Å²) in [5.41, 5.74) is 6.13. The predicted molar refractivity (Wildman–Crippen MR) is 401 cm³/mol. The number of nitrogens with one attached hydrogen (secondary N) is 5. The molecule has 5 aromatic rings. The van der Waals surface area contributed by atoms with Gasteiger partial charge in [0.25, 0.3) is 11.5 Å². The molecule has 30 nitrogen and oxygen atoms in total. The van der Waals surface area contributed by atoms with Gasteiger partial charge >= 0.3 is 5.97 Å². The number of β-amino-alcohol motifs (C(OH)–C–C–N with tert-alkyl or cyclic N) is 1. The maximum Gasteiger partial charge on any atom is 0.326 e. The van der Waals surface area contributed by atoms with Gasteiger partial charge in [0.2, 0.25) is 35.4 Å². The number of aliphatic carboxylic acids is 1. The molecule has 0 spiro atoms. The summed E-state index contributed by atoms with van der Waals surface area (Å²) in [4.78, 5) is 127. The fourth-order valence-corrected chi connectivity index (χ4v) is 13.0. The SMILES string of the molecule is CCCCCCCCCCCCCCCCCC(=O)NCCCC[C@H](NC(=O)CC[C@@H](NC(=O)[C@H](C)NC(=O)[C@@H](C)O[C@H]1C(O)[C@@H](CO)O[C@@H](O)[C@@H]1NC(C)=O)C(N)=O)C(=O)O.CN(C(=O)c1c(O)c2ccccc2n(C)c1=O)c1ccccc1.Cc1cc(=O)c2c(O)cc(O)c([C@H]3CCN(C)C[C@H]3O)c2o1.[Lu]. The van der Waals surface area contributed by atoms with Gasteiger partial charge in [0, 0.05) is 119 Å². The Hall–Kier alpha value is -7.81. The number of rotatable bonds is 38. The number of fused-ring (bicyclic) bond motifs is 2. The average molecular weight is 1680 g/mol. The predicted octanol–water partition coefficient (Wildman–Crippen LogP) is 5.52. The number of likely N-dealkylation sites (N-methyl/N-ethyl adjacent to an activating group) is 1. The summed E-state index contributed by atoms with van der Waals surface area (Å²) in [6.45, 7) is 8.53. The van der Waals surface area contributed by atoms with E-state index in [4.69, 9.17) is 19.6 Å². The molecule has 2 saturated heterocycles. The molecule has 1 radical (unpaired) electrons. The number of primary amides is 1. The van der Waals surface area contributed by atoms with Crippen molar-refractivity contribution in [2.45, 2.75) is 243 Å². The van der Waals surface area contributed by atoms with E-state index in [1.165, 1.54) is 106 Å². The number of pyridine rings is 1. The molecule has 15 N–H and O–H groups in total. The standard InChI is InChI=1S/C43H78N6O13.C18H16N2O3.C16H19NO5.Lu/c1-5-6-7-8-9-10-11-12-13-14-15-16-17-18-19-23-34(52)45-26-21-20-22-32(42(58)59)48-35(53)25-24-31(39(44)55)49-40(56)28(2)46-41(57)29(3)61-38-36(47-30(4)51)43(60)62-33(27-50)37(38)54;1-19(12-8-4-3-5-9-12)17(22)15-16(21)13-10-6-7-11-14(13)20(2)18(15)23;1-8-5-10(18)15-12(20)6-11(19)14(16(15)22-8)9-3-4-17(2)7-13(9)21;/h28-29,31-33,36-38,43,50,54,60H,5-27H2,1-4H3,(H2,44,55)(H,45,52)(H,46,57)(H,47,51)(H,48,53)(H,49,56)(H,58,59);3-11,21H,1-2H3;5-6,9,13,19-21H,3-4,7H2,1-2H3;/t28-,29+,31+,32-,33+,36+,37?,38+,43+;;9-,13+;/m0.0./s1. The number of nitrogens with zero attached hydrogens (tertiary/aromatic N) is 3. The molecule has 2 aliphatic rings. The number of aromatic nitrogens is 1. The Bertz CT molecular complexity index is 3860. The number of hydrogen-bond acceptors (Lipinski definition) is 21. The number of anilines is 1. The summed E-state index contributed by atoms with van der Waals surface area (Å²) in [6.07, 6.45) is 12.3. The van der Waals surface area contributed by atoms with E-state index in [0.29, 0.717) is 66.7 Å². The van der Waals surface area contributed by atoms with Crippen molar-refractivity contribution in [2.75, 3.05) is 45.2 Å². The van der Waals surface area contributed by atoms with Crippen LogP contribution in [0.4, 0.5) is 5.69 Å². The number of phenols is 2. The third-order valence-corrected chi connectivity index (χ3v) is 19.1. The molecule has 1 unspecified atom stereocenters. The number of amides is 7. The molecule has 3 aromatic carbocycles. The number of aryl methyl sites for hydroxylation is 2. The van der Waals surface area contributed by atoms with Gasteiger partial charge in [-0.15, -0.1) is 0 Å². The van der Waals surface area contributed by atoms with Crippen LogP contribution in [0.3, 0.4) is 0 Å². The molecule has 0 bridgehead atoms. The molecule has 2 aliphatic heterocycles. The Morgan fingerprint density at radius 1 is 0.731 bits per heavy atom. The van der Waals surface area contributed by atoms with Crippen molar-refractivity contribution in [3.8, 4) is 17.2 Å². The number of benzene rings is 3. The van der Waals surface area contributed by atoms with Crippen LogP contribution in [-0.4, -0.2) is 199 Å². The molecule has 607 valence electrons. The van der Waals surface area contributed by atoms with Gasteiger partial charge in [-0.1, -0.05) is 127 Å². The van der Waals surface area contributed by atoms with E-state index >= 15 is 0 Å². The Morgan fingerprint density at radius 2 is 1.33 bits per heavy atom. The van der Waals surface area contributed by atoms with Crippen molar-refractivity contribution in [3.05, 3.63) is 104 Å². The normalized spacial score (nSPS) is 18.8. The van der Waals surface area contributed by atoms with Crippen molar-refractivity contribution in [1.82, 2.24) is 36.1 Å². The van der Waals surface area contributed by atoms with Gasteiger partial charge in [0.15, 0.2) is 11.7 Å². The minimum absolute atomic E-state index is 0. The van der Waals surface area contributed by atoms with Crippen LogP contribution in [0.2, 0.25) is 0 Å². The average Bonchev–Trinajstić information content (AvgIpc) is 0.765. The molecule has 4 heterocycles. The molecule has 0 saturated carbocycles. The van der Waals surface area contributed by atoms with Crippen LogP contribution >= 0.6 is 0 Å². The number of para-hydroxylation sites is 2. The van der Waals surface area contributed by atoms with Crippen molar-refractivity contribution in [1.29, 1.82) is 0 Å². The first-order valence-electron chi connectivity index (χ1n) is 37.2. The van der Waals surface area contributed by atoms with Gasteiger partial charge in [-0.3, -0.25) is 43.2 Å². The number of carbonyl (C=O) groups excluding carboxylic acids is 7. The zero-order valence-corrected chi connectivity index (χ0v) is 64.8. The number of aliphatic hydroxyl groups is 4. The van der Waals surface area contributed by atoms with Crippen molar-refractivity contribution in [2.24, 2.45) is 12.8 Å². The summed E-state index contributed by atoms with van der Waals surface area (Å²) in [7, 11) is 5.08. The van der Waals surface area contributed by atoms with E-state index in [1.54, 1.807) is 69.6 Å². The molecule has 7 rings (SSSR count). The van der Waals surface area contributed by atoms with Gasteiger partial charge in [-0.05, 0) is 97.2 Å². The van der Waals surface area contributed by atoms with E-state index < -0.39 is 115 Å². The number of carbonyl (C=O) groups is 8. The first-order chi connectivity index (χ1) is 50.9. The van der Waals surface area contributed by atoms with E-state index in [0.717, 1.165) is 38.8 Å². The van der Waals surface area contributed by atoms with Gasteiger partial charge in [-0.25, -0.2) is 4.79 Å². The number of hydrogen-bond donors (Lipinski definition) is 14. The zero-order valence-electron chi connectivity index (χ0n) is 63.1. The summed E-state index contributed by atoms with van der Waals surface area (Å²) in [5, 5.41) is 94.0. The Kier molecular flexibility index (Phi) is 40.5. The number of nitrogens with two attached hydrogens (primary N) is 1. The second-order valence-electron chi connectivity index (χ2n) is 27.7. The number of carboxylic acid groups (broad SMARTS) is 1. The number of ether oxygens (including phenoxy) is 2. The van der Waals surface area contributed by atoms with Crippen LogP contribution in [0, 0.1) is 43.8 Å². The Balaban J connectivity index is 0.000000426. The summed E-state index contributed by atoms with van der Waals surface area (Å²) in [6, 6.07) is 13.2. The first kappa shape index (κ1) is 92.6. The monoisotopic (exact) mass is 1670 g/mol. The summed E-state index contributed by atoms with van der Waals surface area (Å²) in [5.74, 6) is -6.50. The number of aromatic hydroxyl groups is 3. The van der Waals surface area contributed by atoms with E-state index in [1.807, 2.05) is 18.0 Å². The van der Waals surface area contributed by atoms with Crippen molar-refractivity contribution in [3.63, 3.8) is 0 Å². The third kappa shape index (κ3) is 28.6. The van der Waals surface area contributed by atoms with Crippen LogP contribution in [-0.2, 0) is 50.1 Å². The second-order valence-corrected chi connectivity index (χ2v) is 27.7. The largest absolute Gasteiger partial charge is 0.507 e. The van der Waals surface area contributed by atoms with Crippen LogP contribution in [0.5, 0.6) is 17.2 Å². The fourth-order valence-electron chi connectivity index (χ4n) is 13.0. The molecule has 7 amide bonds. The zero-order chi connectivity index (χ0) is 79.0. The van der Waals surface area contributed by atoms with Crippen LogP contribution in [0.15, 0.2) is 80.7 Å². The van der Waals surface area contributed by atoms with Crippen LogP contribution in [0.25, 0.3) is 21.9 Å². The summed E-state index contributed by atoms with van der Waals surface area (Å²) < 4.78 is 17.8. The molecular weight excluding hydrogens is 1560 g/mol. The third-order valence-electron chi connectivity index (χ3n) is 19.1. The molecule has 31 heteroatoms. The molecule has 108 heavy (non-hydrogen) atoms. The fraction of sp³-hybridized carbons (Fsp3) is 0.584. The van der Waals surface area contributed by atoms with E-state index in [2.05, 4.69) is 33.5 Å². The van der Waals surface area contributed by atoms with E-state index in [-0.39, 0.29) is 107 Å². The smallest absolute Gasteiger partial charge is 0.326 e. The molecule has 11 atom stereocenters. The maximum atomic E-state index is 12.9. The van der Waals surface area contributed by atoms with Crippen molar-refractivity contribution < 1.29 is 130 Å². The topological polar surface area (TPSA) is 462 Å². The minimum atomic E-state index is -1.68. The van der Waals surface area contributed by atoms with Crippen molar-refractivity contribution >= 4 is 74.9 Å². The number of likely N-dealkylation sites (tertiary alicyclic amines) is 1. The molecular formula is C77H113LuN9O21. The van der Waals surface area contributed by atoms with Gasteiger partial charge < -0.3 is 101 Å². The Labute approximate surface area is 659 Å². The first-order valence-corrected chi connectivity index (χ1v) is 37.2. The molecule has 2 fully saturated rings. The number of piperidine rings is 1. The molecule has 2 aromatic heterocycles. The van der Waals surface area contributed by atoms with Gasteiger partial charge in [0.05, 0.1) is 18.2 Å². The van der Waals surface area contributed by atoms with Gasteiger partial charge in [0.1, 0.15) is 88.1 Å². The number of phenolic OH excluding ortho intramolecular Hbond substituents is 2. The number of carboxylic acids is 1. The quantitative estimate of drug-likeness (QED) is 0.0216. The second kappa shape index (κ2) is 47.3. The maximum absolute atomic E-state index is 12.9. The van der Waals surface area contributed by atoms with Crippen LogP contribution in [0.1, 0.15) is 197 Å². The van der Waals surface area contributed by atoms with Crippen LogP contribution < -0.4 is 48.2 Å².